The van der Waals surface area contributed by atoms with Gasteiger partial charge in [0.2, 0.25) is 0 Å². The quantitative estimate of drug-likeness (QED) is 0.0211. The van der Waals surface area contributed by atoms with Crippen LogP contribution in [0.1, 0.15) is 450 Å². The molecule has 0 radical (unpaired) electrons. The minimum atomic E-state index is -4.39. The summed E-state index contributed by atoms with van der Waals surface area (Å²) in [5, 5.41) is 0. The maximum atomic E-state index is 12.9. The molecule has 0 aromatic heterocycles. The minimum Gasteiger partial charge on any atom is -0.462 e. The van der Waals surface area contributed by atoms with E-state index in [0.717, 1.165) is 44.9 Å². The van der Waals surface area contributed by atoms with Crippen molar-refractivity contribution in [3.8, 4) is 0 Å². The zero-order valence-corrected chi connectivity index (χ0v) is 67.2. The van der Waals surface area contributed by atoms with Crippen molar-refractivity contribution in [2.45, 2.75) is 457 Å². The highest BCUT2D eigenvalue weighted by Gasteiger charge is 2.27. The van der Waals surface area contributed by atoms with Gasteiger partial charge in [0.25, 0.3) is 0 Å². The minimum absolute atomic E-state index is 0.0350. The summed E-state index contributed by atoms with van der Waals surface area (Å²) in [6, 6.07) is 0. The number of carbonyl (C=O) groups excluding carboxylic acids is 2. The standard InChI is InChI=1S/C88H168NO8P/c1-6-8-10-12-14-16-18-20-22-24-26-28-30-32-34-36-38-40-42-44-46-48-50-52-54-56-58-60-62-64-66-68-70-72-74-76-78-80-87(90)94-84-86(85-96-98(92,93)95-83-82-89(3,4)5)97-88(91)81-79-77-75-73-71-69-67-65-63-61-59-57-55-53-51-49-47-45-43-41-39-37-35-33-31-29-27-25-23-21-19-17-15-13-11-9-7-2/h19,21,24-27,31,33,86H,6-18,20,22-23,28-30,32,34-85H2,1-5H3/p+1/b21-19-,26-24-,27-25-,33-31-. The van der Waals surface area contributed by atoms with Crippen LogP contribution < -0.4 is 0 Å². The van der Waals surface area contributed by atoms with E-state index < -0.39 is 26.5 Å². The molecule has 1 N–H and O–H groups in total. The molecule has 9 nitrogen and oxygen atoms in total. The van der Waals surface area contributed by atoms with Crippen molar-refractivity contribution in [1.82, 2.24) is 0 Å². The summed E-state index contributed by atoms with van der Waals surface area (Å²) >= 11 is 0. The number of carbonyl (C=O) groups is 2. The van der Waals surface area contributed by atoms with Crippen molar-refractivity contribution >= 4 is 19.8 Å². The molecule has 0 fully saturated rings. The molecule has 0 spiro atoms. The molecule has 0 aliphatic heterocycles. The normalized spacial score (nSPS) is 13.2. The Kier molecular flexibility index (Phi) is 77.5. The van der Waals surface area contributed by atoms with Gasteiger partial charge in [-0.1, -0.05) is 409 Å². The monoisotopic (exact) mass is 1400 g/mol. The van der Waals surface area contributed by atoms with Gasteiger partial charge in [0.15, 0.2) is 6.10 Å². The number of allylic oxidation sites excluding steroid dienone is 8. The molecule has 0 aliphatic carbocycles. The molecule has 578 valence electrons. The summed E-state index contributed by atoms with van der Waals surface area (Å²) < 4.78 is 34.9. The third-order valence-electron chi connectivity index (χ3n) is 19.8. The number of nitrogens with zero attached hydrogens (tertiary/aromatic N) is 1. The average Bonchev–Trinajstić information content (AvgIpc) is 1.08. The van der Waals surface area contributed by atoms with Gasteiger partial charge in [-0.3, -0.25) is 18.6 Å². The van der Waals surface area contributed by atoms with Gasteiger partial charge in [0, 0.05) is 12.8 Å². The highest BCUT2D eigenvalue weighted by Crippen LogP contribution is 2.43. The summed E-state index contributed by atoms with van der Waals surface area (Å²) in [6.45, 7) is 4.50. The summed E-state index contributed by atoms with van der Waals surface area (Å²) in [5.41, 5.74) is 0. The largest absolute Gasteiger partial charge is 0.472 e. The number of quaternary nitrogens is 1. The van der Waals surface area contributed by atoms with Crippen LogP contribution in [0.2, 0.25) is 0 Å². The predicted octanol–water partition coefficient (Wildman–Crippen LogP) is 29.1. The highest BCUT2D eigenvalue weighted by atomic mass is 31.2. The third-order valence-corrected chi connectivity index (χ3v) is 20.8. The lowest BCUT2D eigenvalue weighted by Crippen LogP contribution is -2.37. The Bertz CT molecular complexity index is 1790. The number of likely N-dealkylation sites (N-methyl/N-ethyl adjacent to an activating group) is 1. The van der Waals surface area contributed by atoms with Crippen LogP contribution >= 0.6 is 7.82 Å². The van der Waals surface area contributed by atoms with Gasteiger partial charge < -0.3 is 18.9 Å². The second kappa shape index (κ2) is 79.1. The van der Waals surface area contributed by atoms with E-state index in [1.165, 1.54) is 372 Å². The Morgan fingerprint density at radius 3 is 0.827 bits per heavy atom. The smallest absolute Gasteiger partial charge is 0.462 e. The average molecular weight is 1400 g/mol. The topological polar surface area (TPSA) is 108 Å². The van der Waals surface area contributed by atoms with E-state index in [2.05, 4.69) is 62.5 Å². The van der Waals surface area contributed by atoms with Gasteiger partial charge in [-0.15, -0.1) is 0 Å². The number of hydrogen-bond donors (Lipinski definition) is 1. The number of ether oxygens (including phenoxy) is 2. The van der Waals surface area contributed by atoms with Crippen LogP contribution in [0, 0.1) is 0 Å². The fourth-order valence-corrected chi connectivity index (χ4v) is 13.9. The Morgan fingerprint density at radius 1 is 0.316 bits per heavy atom. The first-order valence-electron chi connectivity index (χ1n) is 43.4. The molecule has 0 saturated heterocycles. The van der Waals surface area contributed by atoms with Gasteiger partial charge in [-0.2, -0.15) is 0 Å². The molecule has 0 aliphatic rings. The second-order valence-corrected chi connectivity index (χ2v) is 32.4. The highest BCUT2D eigenvalue weighted by molar-refractivity contribution is 7.47. The summed E-state index contributed by atoms with van der Waals surface area (Å²) in [7, 11) is 1.50. The van der Waals surface area contributed by atoms with E-state index in [0.29, 0.717) is 23.9 Å². The molecule has 2 atom stereocenters. The lowest BCUT2D eigenvalue weighted by atomic mass is 10.0. The van der Waals surface area contributed by atoms with E-state index in [1.54, 1.807) is 0 Å². The van der Waals surface area contributed by atoms with Crippen LogP contribution in [0.15, 0.2) is 48.6 Å². The van der Waals surface area contributed by atoms with Crippen LogP contribution in [-0.2, 0) is 32.7 Å². The van der Waals surface area contributed by atoms with Gasteiger partial charge in [-0.05, 0) is 77.0 Å². The number of phosphoric acid groups is 1. The van der Waals surface area contributed by atoms with Crippen molar-refractivity contribution in [2.24, 2.45) is 0 Å². The first-order valence-corrected chi connectivity index (χ1v) is 44.9. The Labute approximate surface area is 611 Å². The Balaban J connectivity index is 3.87. The molecule has 98 heavy (non-hydrogen) atoms. The molecule has 0 saturated carbocycles. The zero-order valence-electron chi connectivity index (χ0n) is 66.3. The van der Waals surface area contributed by atoms with E-state index in [9.17, 15) is 19.0 Å². The van der Waals surface area contributed by atoms with Gasteiger partial charge in [0.05, 0.1) is 27.7 Å². The molecule has 0 amide bonds. The van der Waals surface area contributed by atoms with Crippen molar-refractivity contribution < 1.29 is 42.1 Å². The molecular formula is C88H169NO8P+. The fraction of sp³-hybridized carbons (Fsp3) is 0.886. The second-order valence-electron chi connectivity index (χ2n) is 30.9. The van der Waals surface area contributed by atoms with Crippen LogP contribution in [0.5, 0.6) is 0 Å². The predicted molar refractivity (Wildman–Crippen MR) is 427 cm³/mol. The maximum Gasteiger partial charge on any atom is 0.472 e. The SMILES string of the molecule is CCCCCCC/C=C\C/C=C\C/C=C\CCCCCCCCCCCCCCCCCCCCCCCCC(=O)OC(COC(=O)CCCCCCCCCCCCCCCCCCCCCCCCCCC/C=C\CCCCCCCCCC)COP(=O)(O)OCC[N+](C)(C)C. The van der Waals surface area contributed by atoms with Crippen LogP contribution in [-0.4, -0.2) is 74.9 Å². The van der Waals surface area contributed by atoms with E-state index in [4.69, 9.17) is 18.5 Å². The summed E-state index contributed by atoms with van der Waals surface area (Å²) in [5.74, 6) is -0.770. The summed E-state index contributed by atoms with van der Waals surface area (Å²) in [4.78, 5) is 36.0. The summed E-state index contributed by atoms with van der Waals surface area (Å²) in [6.07, 6.45) is 106. The lowest BCUT2D eigenvalue weighted by molar-refractivity contribution is -0.870. The zero-order chi connectivity index (χ0) is 71.1. The molecule has 2 unspecified atom stereocenters. The van der Waals surface area contributed by atoms with Gasteiger partial charge >= 0.3 is 19.8 Å². The lowest BCUT2D eigenvalue weighted by Gasteiger charge is -2.24. The number of hydrogen-bond acceptors (Lipinski definition) is 7. The van der Waals surface area contributed by atoms with Crippen molar-refractivity contribution in [3.63, 3.8) is 0 Å². The first kappa shape index (κ1) is 96.0. The van der Waals surface area contributed by atoms with Crippen LogP contribution in [0.3, 0.4) is 0 Å². The van der Waals surface area contributed by atoms with Crippen LogP contribution in [0.4, 0.5) is 0 Å². The van der Waals surface area contributed by atoms with E-state index in [-0.39, 0.29) is 25.6 Å². The first-order chi connectivity index (χ1) is 48.0. The van der Waals surface area contributed by atoms with Gasteiger partial charge in [0.1, 0.15) is 19.8 Å². The number of esters is 2. The van der Waals surface area contributed by atoms with Crippen molar-refractivity contribution in [1.29, 1.82) is 0 Å². The molecule has 0 bridgehead atoms. The number of unbranched alkanes of at least 4 members (excludes halogenated alkanes) is 60. The maximum absolute atomic E-state index is 12.9. The molecule has 0 aromatic carbocycles. The van der Waals surface area contributed by atoms with Crippen molar-refractivity contribution in [3.05, 3.63) is 48.6 Å². The molecule has 0 rings (SSSR count). The Morgan fingerprint density at radius 2 is 0.551 bits per heavy atom. The van der Waals surface area contributed by atoms with Gasteiger partial charge in [-0.25, -0.2) is 4.57 Å². The molecular weight excluding hydrogens is 1230 g/mol. The third kappa shape index (κ3) is 82.9. The van der Waals surface area contributed by atoms with Crippen molar-refractivity contribution in [2.75, 3.05) is 47.5 Å². The fourth-order valence-electron chi connectivity index (χ4n) is 13.2. The van der Waals surface area contributed by atoms with E-state index >= 15 is 0 Å². The molecule has 0 heterocycles. The van der Waals surface area contributed by atoms with Crippen LogP contribution in [0.25, 0.3) is 0 Å². The van der Waals surface area contributed by atoms with E-state index in [1.807, 2.05) is 21.1 Å². The molecule has 0 aromatic rings. The molecule has 10 heteroatoms. The number of rotatable bonds is 82. The Hall–Kier alpha value is -2.03. The number of phosphoric ester groups is 1.